The van der Waals surface area contributed by atoms with Gasteiger partial charge in [0.2, 0.25) is 0 Å². The van der Waals surface area contributed by atoms with Crippen LogP contribution in [0.4, 0.5) is 0 Å². The van der Waals surface area contributed by atoms with Crippen LogP contribution in [-0.4, -0.2) is 52.5 Å². The van der Waals surface area contributed by atoms with Gasteiger partial charge >= 0.3 is 5.69 Å². The van der Waals surface area contributed by atoms with E-state index < -0.39 is 49.5 Å². The molecule has 1 saturated heterocycles. The quantitative estimate of drug-likeness (QED) is 0.609. The molecule has 4 atom stereocenters. The Kier molecular flexibility index (Phi) is 6.47. The summed E-state index contributed by atoms with van der Waals surface area (Å²) in [6, 6.07) is 1.23. The Morgan fingerprint density at radius 2 is 1.86 bits per heavy atom. The number of rotatable bonds is 6. The second kappa shape index (κ2) is 7.87. The number of nitrogens with one attached hydrogen (secondary N) is 1. The average Bonchev–Trinajstić information content (AvgIpc) is 2.79. The fourth-order valence-electron chi connectivity index (χ4n) is 3.15. The molecule has 160 valence electrons. The van der Waals surface area contributed by atoms with Gasteiger partial charge in [0, 0.05) is 18.2 Å². The van der Waals surface area contributed by atoms with Gasteiger partial charge in [-0.15, -0.1) is 0 Å². The summed E-state index contributed by atoms with van der Waals surface area (Å²) < 4.78 is 13.5. The van der Waals surface area contributed by atoms with E-state index in [9.17, 15) is 19.8 Å². The highest BCUT2D eigenvalue weighted by Gasteiger charge is 2.48. The van der Waals surface area contributed by atoms with Gasteiger partial charge in [-0.1, -0.05) is 20.8 Å². The van der Waals surface area contributed by atoms with E-state index in [1.54, 1.807) is 13.8 Å². The van der Waals surface area contributed by atoms with Crippen molar-refractivity contribution >= 4 is 8.32 Å². The first-order valence-corrected chi connectivity index (χ1v) is 12.5. The molecular formula is C19H34N2O6Si. The zero-order valence-corrected chi connectivity index (χ0v) is 18.9. The third-order valence-corrected chi connectivity index (χ3v) is 10.3. The van der Waals surface area contributed by atoms with Gasteiger partial charge in [-0.05, 0) is 38.4 Å². The predicted molar refractivity (Wildman–Crippen MR) is 109 cm³/mol. The molecule has 0 aliphatic carbocycles. The van der Waals surface area contributed by atoms with Crippen molar-refractivity contribution < 1.29 is 19.4 Å². The Balaban J connectivity index is 2.29. The minimum absolute atomic E-state index is 0.0122. The lowest BCUT2D eigenvalue weighted by Gasteiger charge is -2.37. The fourth-order valence-corrected chi connectivity index (χ4v) is 4.16. The number of H-pyrrole nitrogens is 1. The Labute approximate surface area is 166 Å². The molecule has 8 nitrogen and oxygen atoms in total. The van der Waals surface area contributed by atoms with E-state index in [0.717, 1.165) is 0 Å². The summed E-state index contributed by atoms with van der Waals surface area (Å²) in [7, 11) is -2.05. The monoisotopic (exact) mass is 414 g/mol. The highest BCUT2D eigenvalue weighted by Crippen LogP contribution is 2.41. The van der Waals surface area contributed by atoms with Crippen LogP contribution in [0.5, 0.6) is 0 Å². The number of hydrogen-bond donors (Lipinski definition) is 3. The Morgan fingerprint density at radius 3 is 2.36 bits per heavy atom. The molecule has 2 heterocycles. The number of hydrogen-bond acceptors (Lipinski definition) is 6. The van der Waals surface area contributed by atoms with Crippen LogP contribution in [0, 0.1) is 5.92 Å². The van der Waals surface area contributed by atoms with Crippen LogP contribution in [0.2, 0.25) is 18.1 Å². The van der Waals surface area contributed by atoms with E-state index >= 15 is 0 Å². The molecule has 1 aromatic rings. The summed E-state index contributed by atoms with van der Waals surface area (Å²) in [5.41, 5.74) is -2.18. The molecule has 1 aliphatic rings. The van der Waals surface area contributed by atoms with Crippen molar-refractivity contribution in [2.45, 2.75) is 83.2 Å². The van der Waals surface area contributed by atoms with Gasteiger partial charge in [0.15, 0.2) is 8.32 Å². The highest BCUT2D eigenvalue weighted by atomic mass is 28.4. The van der Waals surface area contributed by atoms with Crippen LogP contribution in [-0.2, 0) is 9.16 Å². The maximum Gasteiger partial charge on any atom is 0.330 e. The second-order valence-electron chi connectivity index (χ2n) is 9.82. The van der Waals surface area contributed by atoms with Crippen molar-refractivity contribution in [3.63, 3.8) is 0 Å². The van der Waals surface area contributed by atoms with Crippen molar-refractivity contribution in [3.05, 3.63) is 33.1 Å². The molecule has 0 bridgehead atoms. The number of aliphatic hydroxyl groups is 2. The first-order valence-electron chi connectivity index (χ1n) is 9.64. The summed E-state index contributed by atoms with van der Waals surface area (Å²) in [6.45, 7) is 14.1. The number of aliphatic hydroxyl groups excluding tert-OH is 1. The van der Waals surface area contributed by atoms with Crippen LogP contribution in [0.15, 0.2) is 21.9 Å². The van der Waals surface area contributed by atoms with Crippen molar-refractivity contribution in [2.24, 2.45) is 5.92 Å². The minimum atomic E-state index is -2.05. The normalized spacial score (nSPS) is 26.6. The molecule has 3 N–H and O–H groups in total. The fraction of sp³-hybridized carbons (Fsp3) is 0.789. The summed E-state index contributed by atoms with van der Waals surface area (Å²) in [5.74, 6) is -0.531. The van der Waals surface area contributed by atoms with Crippen LogP contribution >= 0.6 is 0 Å². The molecule has 0 unspecified atom stereocenters. The Morgan fingerprint density at radius 1 is 1.25 bits per heavy atom. The molecule has 1 aliphatic heterocycles. The molecule has 28 heavy (non-hydrogen) atoms. The lowest BCUT2D eigenvalue weighted by atomic mass is 9.88. The van der Waals surface area contributed by atoms with E-state index in [-0.39, 0.29) is 18.1 Å². The van der Waals surface area contributed by atoms with E-state index in [0.29, 0.717) is 0 Å². The third kappa shape index (κ3) is 5.21. The average molecular weight is 415 g/mol. The van der Waals surface area contributed by atoms with Crippen molar-refractivity contribution in [2.75, 3.05) is 6.61 Å². The van der Waals surface area contributed by atoms with Crippen LogP contribution in [0.1, 0.15) is 47.3 Å². The maximum atomic E-state index is 12.3. The van der Waals surface area contributed by atoms with E-state index in [1.807, 2.05) is 0 Å². The summed E-state index contributed by atoms with van der Waals surface area (Å²) in [5, 5.41) is 21.2. The van der Waals surface area contributed by atoms with Crippen LogP contribution in [0.3, 0.4) is 0 Å². The van der Waals surface area contributed by atoms with Gasteiger partial charge in [-0.2, -0.15) is 0 Å². The van der Waals surface area contributed by atoms with Gasteiger partial charge < -0.3 is 19.4 Å². The first-order chi connectivity index (χ1) is 12.6. The van der Waals surface area contributed by atoms with Gasteiger partial charge in [0.05, 0.1) is 18.3 Å². The molecule has 0 amide bonds. The molecule has 1 fully saturated rings. The number of ether oxygens (including phenoxy) is 1. The molecule has 1 aromatic heterocycles. The SMILES string of the molecule is CC(C)(O)C[C@@H]1[C@H](O)[C@@H](CO[Si](C)(C)C(C)(C)C)O[C@H]1n1ccc(=O)[nH]c1=O. The third-order valence-electron chi connectivity index (χ3n) is 5.78. The largest absolute Gasteiger partial charge is 0.414 e. The first kappa shape index (κ1) is 23.0. The Hall–Kier alpha value is -1.26. The number of aromatic amines is 1. The van der Waals surface area contributed by atoms with E-state index in [1.165, 1.54) is 16.8 Å². The topological polar surface area (TPSA) is 114 Å². The molecule has 0 spiro atoms. The number of aromatic nitrogens is 2. The lowest BCUT2D eigenvalue weighted by Crippen LogP contribution is -2.44. The Bertz CT molecular complexity index is 789. The summed E-state index contributed by atoms with van der Waals surface area (Å²) in [4.78, 5) is 25.9. The van der Waals surface area contributed by atoms with Crippen molar-refractivity contribution in [1.82, 2.24) is 9.55 Å². The predicted octanol–water partition coefficient (Wildman–Crippen LogP) is 1.59. The lowest BCUT2D eigenvalue weighted by molar-refractivity contribution is -0.0493. The molecule has 0 saturated carbocycles. The van der Waals surface area contributed by atoms with Gasteiger partial charge in [-0.25, -0.2) is 4.79 Å². The zero-order chi connectivity index (χ0) is 21.5. The van der Waals surface area contributed by atoms with Crippen LogP contribution in [0.25, 0.3) is 0 Å². The van der Waals surface area contributed by atoms with E-state index in [4.69, 9.17) is 9.16 Å². The smallest absolute Gasteiger partial charge is 0.330 e. The van der Waals surface area contributed by atoms with E-state index in [2.05, 4.69) is 38.8 Å². The molecule has 2 rings (SSSR count). The highest BCUT2D eigenvalue weighted by molar-refractivity contribution is 6.74. The van der Waals surface area contributed by atoms with Crippen LogP contribution < -0.4 is 11.2 Å². The minimum Gasteiger partial charge on any atom is -0.414 e. The van der Waals surface area contributed by atoms with Gasteiger partial charge in [0.1, 0.15) is 12.3 Å². The summed E-state index contributed by atoms with van der Waals surface area (Å²) in [6.07, 6.45) is -0.780. The molecule has 0 aromatic carbocycles. The van der Waals surface area contributed by atoms with Crippen molar-refractivity contribution in [1.29, 1.82) is 0 Å². The van der Waals surface area contributed by atoms with Gasteiger partial charge in [0.25, 0.3) is 5.56 Å². The molecular weight excluding hydrogens is 380 g/mol. The molecule has 0 radical (unpaired) electrons. The van der Waals surface area contributed by atoms with Crippen molar-refractivity contribution in [3.8, 4) is 0 Å². The zero-order valence-electron chi connectivity index (χ0n) is 17.9. The standard InChI is InChI=1S/C19H34N2O6Si/c1-18(2,3)28(6,7)26-11-13-15(23)12(10-19(4,5)25)16(27-13)21-9-8-14(22)20-17(21)24/h8-9,12-13,15-16,23,25H,10-11H2,1-7H3,(H,20,22,24)/t12-,13-,15+,16-/m1/s1. The molecule has 9 heteroatoms. The second-order valence-corrected chi connectivity index (χ2v) is 14.6. The summed E-state index contributed by atoms with van der Waals surface area (Å²) >= 11 is 0. The van der Waals surface area contributed by atoms with Gasteiger partial charge in [-0.3, -0.25) is 14.3 Å². The maximum absolute atomic E-state index is 12.3. The number of nitrogens with zero attached hydrogens (tertiary/aromatic N) is 1.